The highest BCUT2D eigenvalue weighted by Gasteiger charge is 2.12. The average Bonchev–Trinajstić information content (AvgIpc) is 2.50. The molecule has 2 rings (SSSR count). The molecule has 0 aliphatic heterocycles. The first kappa shape index (κ1) is 15.5. The molecule has 110 valence electrons. The van der Waals surface area contributed by atoms with Crippen molar-refractivity contribution in [3.63, 3.8) is 0 Å². The van der Waals surface area contributed by atoms with Crippen LogP contribution in [0.5, 0.6) is 0 Å². The van der Waals surface area contributed by atoms with E-state index in [0.717, 1.165) is 10.0 Å². The zero-order valence-corrected chi connectivity index (χ0v) is 13.0. The summed E-state index contributed by atoms with van der Waals surface area (Å²) in [5.74, 6) is 0. The zero-order chi connectivity index (χ0) is 15.1. The number of anilines is 1. The van der Waals surface area contributed by atoms with Gasteiger partial charge in [0.1, 0.15) is 0 Å². The third-order valence-corrected chi connectivity index (χ3v) is 3.69. The van der Waals surface area contributed by atoms with E-state index >= 15 is 0 Å². The van der Waals surface area contributed by atoms with E-state index in [-0.39, 0.29) is 18.7 Å². The highest BCUT2D eigenvalue weighted by Crippen LogP contribution is 2.20. The van der Waals surface area contributed by atoms with E-state index in [2.05, 4.69) is 26.6 Å². The second kappa shape index (κ2) is 7.81. The predicted octanol–water partition coefficient (Wildman–Crippen LogP) is 3.17. The van der Waals surface area contributed by atoms with Gasteiger partial charge in [-0.05, 0) is 40.0 Å². The summed E-state index contributed by atoms with van der Waals surface area (Å²) in [5.41, 5.74) is 1.75. The number of carbonyl (C=O) groups is 1. The van der Waals surface area contributed by atoms with Crippen molar-refractivity contribution in [1.29, 1.82) is 0 Å². The van der Waals surface area contributed by atoms with Crippen LogP contribution in [-0.2, 0) is 6.42 Å². The molecule has 0 aromatic heterocycles. The number of aliphatic hydroxyl groups is 1. The number of carbonyl (C=O) groups excluding carboxylic acids is 1. The number of hydrogen-bond acceptors (Lipinski definition) is 2. The zero-order valence-electron chi connectivity index (χ0n) is 11.4. The number of halogens is 1. The third kappa shape index (κ3) is 4.88. The lowest BCUT2D eigenvalue weighted by atomic mass is 10.1. The van der Waals surface area contributed by atoms with Crippen molar-refractivity contribution in [2.24, 2.45) is 0 Å². The molecule has 0 bridgehead atoms. The van der Waals surface area contributed by atoms with Crippen LogP contribution in [0.2, 0.25) is 0 Å². The summed E-state index contributed by atoms with van der Waals surface area (Å²) in [6.45, 7) is -0.113. The van der Waals surface area contributed by atoms with Gasteiger partial charge in [0.15, 0.2) is 0 Å². The molecule has 2 amide bonds. The number of benzene rings is 2. The predicted molar refractivity (Wildman–Crippen MR) is 87.3 cm³/mol. The van der Waals surface area contributed by atoms with Crippen molar-refractivity contribution in [3.05, 3.63) is 64.6 Å². The smallest absolute Gasteiger partial charge is 0.319 e. The van der Waals surface area contributed by atoms with Gasteiger partial charge >= 0.3 is 6.03 Å². The molecule has 1 atom stereocenters. The van der Waals surface area contributed by atoms with Gasteiger partial charge in [0.2, 0.25) is 0 Å². The Kier molecular flexibility index (Phi) is 5.78. The standard InChI is InChI=1S/C16H17BrN2O2/c17-14-8-4-5-9-15(14)19-16(21)18-13(11-20)10-12-6-2-1-3-7-12/h1-9,13,20H,10-11H2,(H2,18,19,21)/t13-/m1/s1. The monoisotopic (exact) mass is 348 g/mol. The van der Waals surface area contributed by atoms with E-state index in [1.165, 1.54) is 0 Å². The van der Waals surface area contributed by atoms with E-state index in [1.807, 2.05) is 48.5 Å². The highest BCUT2D eigenvalue weighted by atomic mass is 79.9. The lowest BCUT2D eigenvalue weighted by Crippen LogP contribution is -2.41. The SMILES string of the molecule is O=C(Nc1ccccc1Br)N[C@@H](CO)Cc1ccccc1. The molecule has 2 aromatic rings. The third-order valence-electron chi connectivity index (χ3n) is 3.00. The van der Waals surface area contributed by atoms with Crippen molar-refractivity contribution in [2.75, 3.05) is 11.9 Å². The molecule has 0 spiro atoms. The van der Waals surface area contributed by atoms with E-state index in [4.69, 9.17) is 0 Å². The van der Waals surface area contributed by atoms with Crippen LogP contribution in [0.15, 0.2) is 59.1 Å². The van der Waals surface area contributed by atoms with E-state index in [9.17, 15) is 9.90 Å². The summed E-state index contributed by atoms with van der Waals surface area (Å²) in [5, 5.41) is 14.9. The molecule has 2 aromatic carbocycles. The summed E-state index contributed by atoms with van der Waals surface area (Å²) in [4.78, 5) is 12.0. The first-order valence-corrected chi connectivity index (χ1v) is 7.45. The lowest BCUT2D eigenvalue weighted by Gasteiger charge is -2.17. The molecular formula is C16H17BrN2O2. The van der Waals surface area contributed by atoms with Gasteiger partial charge in [-0.1, -0.05) is 42.5 Å². The summed E-state index contributed by atoms with van der Waals surface area (Å²) < 4.78 is 0.809. The van der Waals surface area contributed by atoms with Crippen LogP contribution >= 0.6 is 15.9 Å². The number of amides is 2. The Bertz CT molecular complexity index is 590. The Morgan fingerprint density at radius 2 is 1.76 bits per heavy atom. The van der Waals surface area contributed by atoms with Crippen LogP contribution in [0, 0.1) is 0 Å². The Morgan fingerprint density at radius 1 is 1.10 bits per heavy atom. The maximum atomic E-state index is 12.0. The van der Waals surface area contributed by atoms with Crippen molar-refractivity contribution in [1.82, 2.24) is 5.32 Å². The van der Waals surface area contributed by atoms with Crippen LogP contribution < -0.4 is 10.6 Å². The molecule has 0 unspecified atom stereocenters. The fraction of sp³-hybridized carbons (Fsp3) is 0.188. The number of para-hydroxylation sites is 1. The Hall–Kier alpha value is -1.85. The Labute approximate surface area is 132 Å². The largest absolute Gasteiger partial charge is 0.394 e. The van der Waals surface area contributed by atoms with Gasteiger partial charge in [0, 0.05) is 4.47 Å². The van der Waals surface area contributed by atoms with Gasteiger partial charge in [-0.3, -0.25) is 0 Å². The number of nitrogens with one attached hydrogen (secondary N) is 2. The van der Waals surface area contributed by atoms with Crippen molar-refractivity contribution >= 4 is 27.6 Å². The first-order valence-electron chi connectivity index (χ1n) is 6.66. The van der Waals surface area contributed by atoms with Crippen LogP contribution in [0.1, 0.15) is 5.56 Å². The molecule has 21 heavy (non-hydrogen) atoms. The van der Waals surface area contributed by atoms with Crippen molar-refractivity contribution in [3.8, 4) is 0 Å². The van der Waals surface area contributed by atoms with Crippen LogP contribution in [0.3, 0.4) is 0 Å². The van der Waals surface area contributed by atoms with Gasteiger partial charge in [-0.25, -0.2) is 4.79 Å². The quantitative estimate of drug-likeness (QED) is 0.777. The maximum Gasteiger partial charge on any atom is 0.319 e. The highest BCUT2D eigenvalue weighted by molar-refractivity contribution is 9.10. The first-order chi connectivity index (χ1) is 10.2. The van der Waals surface area contributed by atoms with E-state index in [1.54, 1.807) is 6.07 Å². The number of aliphatic hydroxyl groups excluding tert-OH is 1. The fourth-order valence-electron chi connectivity index (χ4n) is 1.97. The van der Waals surface area contributed by atoms with Gasteiger partial charge in [0.05, 0.1) is 18.3 Å². The summed E-state index contributed by atoms with van der Waals surface area (Å²) >= 11 is 3.37. The molecule has 0 radical (unpaired) electrons. The Balaban J connectivity index is 1.92. The molecular weight excluding hydrogens is 332 g/mol. The van der Waals surface area contributed by atoms with Gasteiger partial charge in [0.25, 0.3) is 0 Å². The fourth-order valence-corrected chi connectivity index (χ4v) is 2.35. The summed E-state index contributed by atoms with van der Waals surface area (Å²) in [6.07, 6.45) is 0.584. The van der Waals surface area contributed by atoms with Crippen LogP contribution in [0.4, 0.5) is 10.5 Å². The minimum Gasteiger partial charge on any atom is -0.394 e. The number of urea groups is 1. The Morgan fingerprint density at radius 3 is 2.43 bits per heavy atom. The second-order valence-corrected chi connectivity index (χ2v) is 5.50. The van der Waals surface area contributed by atoms with Crippen molar-refractivity contribution < 1.29 is 9.90 Å². The summed E-state index contributed by atoms with van der Waals surface area (Å²) in [7, 11) is 0. The van der Waals surface area contributed by atoms with Gasteiger partial charge < -0.3 is 15.7 Å². The van der Waals surface area contributed by atoms with Crippen molar-refractivity contribution in [2.45, 2.75) is 12.5 Å². The van der Waals surface area contributed by atoms with E-state index < -0.39 is 0 Å². The van der Waals surface area contributed by atoms with Crippen LogP contribution in [0.25, 0.3) is 0 Å². The molecule has 0 saturated carbocycles. The molecule has 4 nitrogen and oxygen atoms in total. The molecule has 0 saturated heterocycles. The van der Waals surface area contributed by atoms with Gasteiger partial charge in [-0.2, -0.15) is 0 Å². The molecule has 5 heteroatoms. The van der Waals surface area contributed by atoms with E-state index in [0.29, 0.717) is 12.1 Å². The second-order valence-electron chi connectivity index (χ2n) is 4.65. The van der Waals surface area contributed by atoms with Gasteiger partial charge in [-0.15, -0.1) is 0 Å². The molecule has 0 heterocycles. The molecule has 3 N–H and O–H groups in total. The molecule has 0 fully saturated rings. The topological polar surface area (TPSA) is 61.4 Å². The normalized spacial score (nSPS) is 11.7. The maximum absolute atomic E-state index is 12.0. The number of hydrogen-bond donors (Lipinski definition) is 3. The number of rotatable bonds is 5. The minimum absolute atomic E-state index is 0.113. The summed E-state index contributed by atoms with van der Waals surface area (Å²) in [6, 6.07) is 16.4. The lowest BCUT2D eigenvalue weighted by molar-refractivity contribution is 0.224. The average molecular weight is 349 g/mol. The van der Waals surface area contributed by atoms with Crippen LogP contribution in [-0.4, -0.2) is 23.8 Å². The molecule has 0 aliphatic rings. The minimum atomic E-state index is -0.336. The molecule has 0 aliphatic carbocycles.